The summed E-state index contributed by atoms with van der Waals surface area (Å²) in [5.74, 6) is 0.0500. The van der Waals surface area contributed by atoms with Crippen molar-refractivity contribution in [2.45, 2.75) is 38.8 Å². The van der Waals surface area contributed by atoms with Gasteiger partial charge in [-0.3, -0.25) is 9.69 Å². The molecule has 26 heavy (non-hydrogen) atoms. The number of rotatable bonds is 2. The third-order valence-electron chi connectivity index (χ3n) is 5.22. The summed E-state index contributed by atoms with van der Waals surface area (Å²) in [6.07, 6.45) is 1.20. The summed E-state index contributed by atoms with van der Waals surface area (Å²) < 4.78 is 0. The molecule has 1 fully saturated rings. The molecule has 0 bridgehead atoms. The number of aryl methyl sites for hydroxylation is 1. The monoisotopic (exact) mass is 349 g/mol. The first kappa shape index (κ1) is 16.6. The largest absolute Gasteiger partial charge is 0.333 e. The van der Waals surface area contributed by atoms with E-state index in [1.165, 1.54) is 5.56 Å². The van der Waals surface area contributed by atoms with Crippen molar-refractivity contribution in [3.8, 4) is 0 Å². The van der Waals surface area contributed by atoms with Crippen LogP contribution < -0.4 is 15.1 Å². The highest BCUT2D eigenvalue weighted by molar-refractivity contribution is 5.99. The Morgan fingerprint density at radius 3 is 2.58 bits per heavy atom. The molecule has 3 amide bonds. The van der Waals surface area contributed by atoms with E-state index in [0.717, 1.165) is 23.4 Å². The quantitative estimate of drug-likeness (QED) is 0.905. The van der Waals surface area contributed by atoms with Crippen LogP contribution in [0.3, 0.4) is 0 Å². The number of anilines is 2. The van der Waals surface area contributed by atoms with Gasteiger partial charge in [-0.2, -0.15) is 0 Å². The van der Waals surface area contributed by atoms with Crippen molar-refractivity contribution in [3.05, 3.63) is 59.7 Å². The highest BCUT2D eigenvalue weighted by atomic mass is 16.2. The molecule has 2 aromatic carbocycles. The second-order valence-corrected chi connectivity index (χ2v) is 7.24. The smallest absolute Gasteiger partial charge is 0.322 e. The van der Waals surface area contributed by atoms with Gasteiger partial charge in [-0.1, -0.05) is 35.9 Å². The third-order valence-corrected chi connectivity index (χ3v) is 5.22. The van der Waals surface area contributed by atoms with Gasteiger partial charge in [-0.25, -0.2) is 4.79 Å². The lowest BCUT2D eigenvalue weighted by Gasteiger charge is -2.25. The molecule has 2 aromatic rings. The average Bonchev–Trinajstić information content (AvgIpc) is 3.14. The molecule has 2 atom stereocenters. The van der Waals surface area contributed by atoms with Crippen molar-refractivity contribution in [1.82, 2.24) is 5.32 Å². The maximum atomic E-state index is 12.9. The minimum absolute atomic E-state index is 0.0500. The Balaban J connectivity index is 1.46. The fourth-order valence-corrected chi connectivity index (χ4v) is 3.90. The molecule has 4 rings (SSSR count). The molecule has 0 radical (unpaired) electrons. The predicted octanol–water partition coefficient (Wildman–Crippen LogP) is 3.26. The van der Waals surface area contributed by atoms with Gasteiger partial charge in [0.1, 0.15) is 0 Å². The number of para-hydroxylation sites is 1. The molecule has 2 aliphatic heterocycles. The molecule has 5 heteroatoms. The van der Waals surface area contributed by atoms with E-state index in [9.17, 15) is 9.59 Å². The molecule has 1 saturated heterocycles. The molecule has 0 saturated carbocycles. The Morgan fingerprint density at radius 2 is 1.81 bits per heavy atom. The van der Waals surface area contributed by atoms with Gasteiger partial charge in [0.15, 0.2) is 0 Å². The zero-order valence-corrected chi connectivity index (χ0v) is 15.1. The van der Waals surface area contributed by atoms with Crippen LogP contribution in [0.5, 0.6) is 0 Å². The first-order valence-corrected chi connectivity index (χ1v) is 9.07. The second kappa shape index (κ2) is 6.48. The maximum Gasteiger partial charge on any atom is 0.322 e. The van der Waals surface area contributed by atoms with Gasteiger partial charge in [0.25, 0.3) is 0 Å². The van der Waals surface area contributed by atoms with Gasteiger partial charge >= 0.3 is 6.03 Å². The van der Waals surface area contributed by atoms with Crippen LogP contribution in [0.4, 0.5) is 16.2 Å². The van der Waals surface area contributed by atoms with E-state index < -0.39 is 0 Å². The summed E-state index contributed by atoms with van der Waals surface area (Å²) in [6, 6.07) is 15.7. The molecule has 0 unspecified atom stereocenters. The van der Waals surface area contributed by atoms with Crippen molar-refractivity contribution >= 4 is 23.3 Å². The van der Waals surface area contributed by atoms with Crippen molar-refractivity contribution in [3.63, 3.8) is 0 Å². The van der Waals surface area contributed by atoms with Gasteiger partial charge in [0, 0.05) is 30.4 Å². The highest BCUT2D eigenvalue weighted by Gasteiger charge is 2.35. The molecule has 2 heterocycles. The van der Waals surface area contributed by atoms with Crippen LogP contribution in [0.15, 0.2) is 48.5 Å². The predicted molar refractivity (Wildman–Crippen MR) is 103 cm³/mol. The molecule has 1 N–H and O–H groups in total. The summed E-state index contributed by atoms with van der Waals surface area (Å²) in [5.41, 5.74) is 4.21. The Labute approximate surface area is 153 Å². The number of carbonyl (C=O) groups excluding carboxylic acids is 2. The average molecular weight is 349 g/mol. The van der Waals surface area contributed by atoms with Gasteiger partial charge in [0.2, 0.25) is 5.91 Å². The summed E-state index contributed by atoms with van der Waals surface area (Å²) >= 11 is 0. The van der Waals surface area contributed by atoms with Crippen LogP contribution in [0.25, 0.3) is 0 Å². The SMILES string of the molecule is Cc1ccc(N2C[C@@H](NC(=O)N3c4ccccc4C[C@@H]3C)CC2=O)cc1. The van der Waals surface area contributed by atoms with Crippen molar-refractivity contribution in [2.75, 3.05) is 16.3 Å². The zero-order chi connectivity index (χ0) is 18.3. The van der Waals surface area contributed by atoms with E-state index in [0.29, 0.717) is 13.0 Å². The number of hydrogen-bond acceptors (Lipinski definition) is 2. The molecule has 0 aliphatic carbocycles. The van der Waals surface area contributed by atoms with E-state index in [-0.39, 0.29) is 24.0 Å². The third kappa shape index (κ3) is 2.94. The number of nitrogens with one attached hydrogen (secondary N) is 1. The van der Waals surface area contributed by atoms with Crippen LogP contribution in [-0.4, -0.2) is 30.6 Å². The normalized spacial score (nSPS) is 21.8. The molecule has 0 aromatic heterocycles. The van der Waals surface area contributed by atoms with Gasteiger partial charge in [-0.15, -0.1) is 0 Å². The van der Waals surface area contributed by atoms with Crippen molar-refractivity contribution in [1.29, 1.82) is 0 Å². The standard InChI is InChI=1S/C21H23N3O2/c1-14-7-9-18(10-8-14)23-13-17(12-20(23)25)22-21(26)24-15(2)11-16-5-3-4-6-19(16)24/h3-10,15,17H,11-13H2,1-2H3,(H,22,26)/t15-,17-/m0/s1. The molecule has 134 valence electrons. The Kier molecular flexibility index (Phi) is 4.15. The molecular weight excluding hydrogens is 326 g/mol. The Bertz CT molecular complexity index is 847. The number of urea groups is 1. The summed E-state index contributed by atoms with van der Waals surface area (Å²) in [5, 5.41) is 3.06. The number of carbonyl (C=O) groups is 2. The molecule has 0 spiro atoms. The lowest BCUT2D eigenvalue weighted by Crippen LogP contribution is -2.48. The molecule has 2 aliphatic rings. The minimum Gasteiger partial charge on any atom is -0.333 e. The summed E-state index contributed by atoms with van der Waals surface area (Å²) in [7, 11) is 0. The fourth-order valence-electron chi connectivity index (χ4n) is 3.90. The lowest BCUT2D eigenvalue weighted by atomic mass is 10.1. The van der Waals surface area contributed by atoms with Gasteiger partial charge in [0.05, 0.1) is 6.04 Å². The lowest BCUT2D eigenvalue weighted by molar-refractivity contribution is -0.117. The van der Waals surface area contributed by atoms with Crippen LogP contribution in [0.2, 0.25) is 0 Å². The highest BCUT2D eigenvalue weighted by Crippen LogP contribution is 2.32. The van der Waals surface area contributed by atoms with Gasteiger partial charge in [-0.05, 0) is 44.0 Å². The topological polar surface area (TPSA) is 52.7 Å². The van der Waals surface area contributed by atoms with E-state index in [2.05, 4.69) is 18.3 Å². The summed E-state index contributed by atoms with van der Waals surface area (Å²) in [6.45, 7) is 4.59. The number of nitrogens with zero attached hydrogens (tertiary/aromatic N) is 2. The van der Waals surface area contributed by atoms with Crippen molar-refractivity contribution in [2.24, 2.45) is 0 Å². The van der Waals surface area contributed by atoms with Crippen LogP contribution >= 0.6 is 0 Å². The van der Waals surface area contributed by atoms with Crippen molar-refractivity contribution < 1.29 is 9.59 Å². The van der Waals surface area contributed by atoms with E-state index in [1.54, 1.807) is 4.90 Å². The first-order valence-electron chi connectivity index (χ1n) is 9.07. The molecular formula is C21H23N3O2. The maximum absolute atomic E-state index is 12.9. The second-order valence-electron chi connectivity index (χ2n) is 7.24. The Hall–Kier alpha value is -2.82. The van der Waals surface area contributed by atoms with E-state index >= 15 is 0 Å². The number of fused-ring (bicyclic) bond motifs is 1. The number of amides is 3. The summed E-state index contributed by atoms with van der Waals surface area (Å²) in [4.78, 5) is 28.8. The van der Waals surface area contributed by atoms with Crippen LogP contribution in [-0.2, 0) is 11.2 Å². The Morgan fingerprint density at radius 1 is 1.08 bits per heavy atom. The van der Waals surface area contributed by atoms with Crippen LogP contribution in [0, 0.1) is 6.92 Å². The fraction of sp³-hybridized carbons (Fsp3) is 0.333. The molecule has 5 nitrogen and oxygen atoms in total. The first-order chi connectivity index (χ1) is 12.5. The number of benzene rings is 2. The van der Waals surface area contributed by atoms with Gasteiger partial charge < -0.3 is 10.2 Å². The zero-order valence-electron chi connectivity index (χ0n) is 15.1. The van der Waals surface area contributed by atoms with E-state index in [1.807, 2.05) is 54.3 Å². The minimum atomic E-state index is -0.170. The van der Waals surface area contributed by atoms with E-state index in [4.69, 9.17) is 0 Å². The van der Waals surface area contributed by atoms with Crippen LogP contribution in [0.1, 0.15) is 24.5 Å². The number of hydrogen-bond donors (Lipinski definition) is 1.